The summed E-state index contributed by atoms with van der Waals surface area (Å²) in [5, 5.41) is 43.5. The molecule has 21 nitrogen and oxygen atoms in total. The van der Waals surface area contributed by atoms with E-state index in [9.17, 15) is 54.2 Å². The molecule has 0 aliphatic heterocycles. The number of carbonyl (C=O) groups is 3. The molecule has 0 amide bonds. The second-order valence-electron chi connectivity index (χ2n) is 18.2. The Balaban J connectivity index is 1.33. The molecular weight excluding hydrogens is 983 g/mol. The number of pyridine rings is 3. The SMILES string of the molecule is NC(CCC(CCC(N)C(=O)c1c(OCc2ccccc2)c(=O)ccn1CCO)(CCC(N)C(=O)c1c(OCc2ccccc2)c(=O)ccn1CCO)[N+](=O)[O-])C(=O)c1c(OCc2ccccc2)c(=O)ccn1CCO. The first-order valence-corrected chi connectivity index (χ1v) is 24.7. The average Bonchev–Trinajstić information content (AvgIpc) is 3.43. The summed E-state index contributed by atoms with van der Waals surface area (Å²) in [5.41, 5.74) is 16.9. The Morgan fingerprint density at radius 3 is 0.987 bits per heavy atom. The molecule has 6 rings (SSSR count). The highest BCUT2D eigenvalue weighted by Gasteiger charge is 2.45. The van der Waals surface area contributed by atoms with E-state index in [1.54, 1.807) is 91.0 Å². The third-order valence-electron chi connectivity index (χ3n) is 13.0. The van der Waals surface area contributed by atoms with Gasteiger partial charge in [0.2, 0.25) is 21.8 Å². The lowest BCUT2D eigenvalue weighted by Crippen LogP contribution is -2.45. The van der Waals surface area contributed by atoms with E-state index >= 15 is 0 Å². The lowest BCUT2D eigenvalue weighted by Gasteiger charge is -2.29. The van der Waals surface area contributed by atoms with E-state index in [2.05, 4.69) is 0 Å². The summed E-state index contributed by atoms with van der Waals surface area (Å²) in [4.78, 5) is 96.4. The molecular formula is C55H63N7O14. The standard InChI is InChI=1S/C55H63N7O14/c56-40(49(69)46-52(43(66)19-25-59(46)28-31-63)74-34-37-10-4-1-5-11-37)16-22-55(62(72)73,23-17-41(57)50(70)47-53(44(67)20-26-60(47)29-32-64)75-35-38-12-6-2-7-13-38)24-18-42(58)51(71)48-54(45(68)21-27-61(48)30-33-65)76-36-39-14-8-3-9-15-39/h1-15,19-21,25-27,40-42,63-65H,16-18,22-24,28-36,56-58H2. The molecule has 0 bridgehead atoms. The number of ether oxygens (including phenoxy) is 3. The predicted molar refractivity (Wildman–Crippen MR) is 280 cm³/mol. The van der Waals surface area contributed by atoms with Crippen LogP contribution in [0.15, 0.2) is 142 Å². The van der Waals surface area contributed by atoms with Crippen LogP contribution in [-0.4, -0.2) is 94.8 Å². The van der Waals surface area contributed by atoms with Gasteiger partial charge in [0, 0.05) is 80.6 Å². The highest BCUT2D eigenvalue weighted by atomic mass is 16.6. The van der Waals surface area contributed by atoms with Gasteiger partial charge >= 0.3 is 0 Å². The zero-order valence-corrected chi connectivity index (χ0v) is 41.8. The first kappa shape index (κ1) is 57.4. The van der Waals surface area contributed by atoms with Crippen LogP contribution in [0.3, 0.4) is 0 Å². The Hall–Kier alpha value is -7.92. The fourth-order valence-corrected chi connectivity index (χ4v) is 8.76. The molecule has 76 heavy (non-hydrogen) atoms. The van der Waals surface area contributed by atoms with Gasteiger partial charge in [0.25, 0.3) is 0 Å². The molecule has 3 aromatic heterocycles. The molecule has 0 fully saturated rings. The summed E-state index contributed by atoms with van der Waals surface area (Å²) in [7, 11) is 0. The minimum Gasteiger partial charge on any atom is -0.483 e. The Labute approximate surface area is 436 Å². The fraction of sp³-hybridized carbons (Fsp3) is 0.345. The summed E-state index contributed by atoms with van der Waals surface area (Å²) in [6.45, 7) is -2.12. The summed E-state index contributed by atoms with van der Waals surface area (Å²) >= 11 is 0. The number of ketones is 3. The van der Waals surface area contributed by atoms with Crippen LogP contribution in [0.4, 0.5) is 0 Å². The highest BCUT2D eigenvalue weighted by molar-refractivity contribution is 6.02. The van der Waals surface area contributed by atoms with Gasteiger partial charge in [0.05, 0.1) is 37.9 Å². The molecule has 6 aromatic rings. The Bertz CT molecular complexity index is 2790. The largest absolute Gasteiger partial charge is 0.483 e. The van der Waals surface area contributed by atoms with E-state index in [-0.39, 0.29) is 73.8 Å². The number of carbonyl (C=O) groups excluding carboxylic acids is 3. The maximum atomic E-state index is 14.5. The second-order valence-corrected chi connectivity index (χ2v) is 18.2. The minimum absolute atomic E-state index is 0.114. The van der Waals surface area contributed by atoms with Crippen LogP contribution in [0.5, 0.6) is 17.2 Å². The number of aliphatic hydroxyl groups is 3. The molecule has 0 saturated carbocycles. The van der Waals surface area contributed by atoms with Crippen molar-refractivity contribution in [3.05, 3.63) is 202 Å². The van der Waals surface area contributed by atoms with Crippen molar-refractivity contribution in [2.45, 2.75) is 102 Å². The maximum Gasteiger partial charge on any atom is 0.224 e. The number of nitrogens with two attached hydrogens (primary N) is 3. The lowest BCUT2D eigenvalue weighted by molar-refractivity contribution is -0.574. The molecule has 0 spiro atoms. The van der Waals surface area contributed by atoms with Gasteiger partial charge in [-0.25, -0.2) is 0 Å². The van der Waals surface area contributed by atoms with E-state index in [0.29, 0.717) is 16.7 Å². The Morgan fingerprint density at radius 1 is 0.487 bits per heavy atom. The van der Waals surface area contributed by atoms with Crippen molar-refractivity contribution >= 4 is 17.3 Å². The number of nitro groups is 1. The van der Waals surface area contributed by atoms with E-state index in [1.165, 1.54) is 50.5 Å². The Morgan fingerprint density at radius 2 is 0.750 bits per heavy atom. The van der Waals surface area contributed by atoms with Gasteiger partial charge in [-0.1, -0.05) is 91.0 Å². The normalized spacial score (nSPS) is 13.2. The highest BCUT2D eigenvalue weighted by Crippen LogP contribution is 2.33. The van der Waals surface area contributed by atoms with E-state index in [1.807, 2.05) is 0 Å². The fourth-order valence-electron chi connectivity index (χ4n) is 8.76. The lowest BCUT2D eigenvalue weighted by atomic mass is 9.80. The summed E-state index contributed by atoms with van der Waals surface area (Å²) in [5.74, 6) is -3.57. The van der Waals surface area contributed by atoms with Crippen LogP contribution in [0.2, 0.25) is 0 Å². The maximum absolute atomic E-state index is 14.5. The van der Waals surface area contributed by atoms with Gasteiger partial charge in [-0.05, 0) is 36.0 Å². The smallest absolute Gasteiger partial charge is 0.224 e. The van der Waals surface area contributed by atoms with Gasteiger partial charge in [-0.3, -0.25) is 38.9 Å². The first-order chi connectivity index (χ1) is 36.6. The molecule has 3 atom stereocenters. The number of aromatic nitrogens is 3. The average molecular weight is 1050 g/mol. The summed E-state index contributed by atoms with van der Waals surface area (Å²) in [6, 6.07) is 25.3. The molecule has 402 valence electrons. The third-order valence-corrected chi connectivity index (χ3v) is 13.0. The predicted octanol–water partition coefficient (Wildman–Crippen LogP) is 3.17. The monoisotopic (exact) mass is 1050 g/mol. The number of nitrogens with zero attached hydrogens (tertiary/aromatic N) is 4. The quantitative estimate of drug-likeness (QED) is 0.0207. The van der Waals surface area contributed by atoms with Crippen molar-refractivity contribution in [2.75, 3.05) is 19.8 Å². The molecule has 0 aliphatic rings. The number of benzene rings is 3. The number of hydrogen-bond donors (Lipinski definition) is 6. The van der Waals surface area contributed by atoms with Crippen LogP contribution in [0, 0.1) is 10.1 Å². The van der Waals surface area contributed by atoms with Crippen LogP contribution in [0.1, 0.15) is 86.7 Å². The van der Waals surface area contributed by atoms with Crippen molar-refractivity contribution in [1.29, 1.82) is 0 Å². The zero-order chi connectivity index (χ0) is 54.8. The molecule has 0 radical (unpaired) electrons. The minimum atomic E-state index is -2.13. The van der Waals surface area contributed by atoms with E-state index < -0.39 is 121 Å². The van der Waals surface area contributed by atoms with Crippen LogP contribution in [-0.2, 0) is 39.5 Å². The molecule has 21 heteroatoms. The van der Waals surface area contributed by atoms with Crippen molar-refractivity contribution in [3.63, 3.8) is 0 Å². The number of hydrogen-bond acceptors (Lipinski definition) is 17. The zero-order valence-electron chi connectivity index (χ0n) is 41.8. The molecule has 3 unspecified atom stereocenters. The molecule has 3 heterocycles. The summed E-state index contributed by atoms with van der Waals surface area (Å²) < 4.78 is 21.7. The van der Waals surface area contributed by atoms with Crippen molar-refractivity contribution in [3.8, 4) is 17.2 Å². The van der Waals surface area contributed by atoms with Gasteiger partial charge < -0.3 is 60.4 Å². The molecule has 0 aliphatic carbocycles. The van der Waals surface area contributed by atoms with Gasteiger partial charge in [-0.2, -0.15) is 0 Å². The third kappa shape index (κ3) is 14.5. The van der Waals surface area contributed by atoms with Gasteiger partial charge in [0.1, 0.15) is 36.9 Å². The van der Waals surface area contributed by atoms with Crippen LogP contribution in [0.25, 0.3) is 0 Å². The van der Waals surface area contributed by atoms with Crippen LogP contribution < -0.4 is 47.7 Å². The van der Waals surface area contributed by atoms with Crippen LogP contribution >= 0.6 is 0 Å². The van der Waals surface area contributed by atoms with Crippen molar-refractivity contribution < 1.29 is 48.8 Å². The van der Waals surface area contributed by atoms with Gasteiger partial charge in [-0.15, -0.1) is 0 Å². The van der Waals surface area contributed by atoms with Crippen molar-refractivity contribution in [1.82, 2.24) is 13.7 Å². The Kier molecular flexibility index (Phi) is 20.8. The summed E-state index contributed by atoms with van der Waals surface area (Å²) in [6.07, 6.45) is 1.20. The van der Waals surface area contributed by atoms with Crippen molar-refractivity contribution in [2.24, 2.45) is 17.2 Å². The molecule has 3 aromatic carbocycles. The number of aliphatic hydroxyl groups excluding tert-OH is 3. The first-order valence-electron chi connectivity index (χ1n) is 24.7. The molecule has 0 saturated heterocycles. The number of Topliss-reactive ketones (excluding diaryl/α,β-unsaturated/α-hetero) is 3. The second kappa shape index (κ2) is 27.6. The van der Waals surface area contributed by atoms with E-state index in [4.69, 9.17) is 31.4 Å². The number of rotatable bonds is 31. The topological polar surface area (TPSA) is 327 Å². The van der Waals surface area contributed by atoms with Gasteiger partial charge in [0.15, 0.2) is 34.6 Å². The van der Waals surface area contributed by atoms with E-state index in [0.717, 1.165) is 0 Å². The molecule has 9 N–H and O–H groups in total.